The van der Waals surface area contributed by atoms with Crippen molar-refractivity contribution in [2.24, 2.45) is 5.92 Å². The van der Waals surface area contributed by atoms with Crippen molar-refractivity contribution >= 4 is 11.9 Å². The number of carbonyl (C=O) groups excluding carboxylic acids is 1. The molecule has 8 nitrogen and oxygen atoms in total. The molecule has 4 heterocycles. The van der Waals surface area contributed by atoms with Crippen molar-refractivity contribution in [2.45, 2.75) is 32.2 Å². The van der Waals surface area contributed by atoms with Crippen LogP contribution in [0.3, 0.4) is 0 Å². The van der Waals surface area contributed by atoms with E-state index in [-0.39, 0.29) is 17.9 Å². The first kappa shape index (κ1) is 18.3. The number of hydroxylamine groups is 2. The average molecular weight is 378 g/mol. The smallest absolute Gasteiger partial charge is 0.249 e. The molecular formula is C20H22N6O2. The first-order valence-corrected chi connectivity index (χ1v) is 9.52. The molecule has 0 unspecified atom stereocenters. The normalized spacial score (nSPS) is 20.2. The zero-order chi connectivity index (χ0) is 19.5. The third-order valence-electron chi connectivity index (χ3n) is 5.41. The minimum absolute atomic E-state index is 0.00946. The van der Waals surface area contributed by atoms with Gasteiger partial charge in [0.2, 0.25) is 11.9 Å². The fourth-order valence-electron chi connectivity index (χ4n) is 3.79. The Balaban J connectivity index is 1.44. The van der Waals surface area contributed by atoms with E-state index in [1.54, 1.807) is 31.6 Å². The molecule has 0 saturated carbocycles. The standard InChI is InChI=1S/C20H22N6O2/c1-14-16(12-21)11-17(13-24-14)18-5-10-28-26(18)19(27)15-3-8-25(9-4-15)20-22-6-2-7-23-20/h2,6-7,11,13,15,18H,3-5,8-10H2,1H3/t18-/m0/s1. The van der Waals surface area contributed by atoms with Crippen LogP contribution in [0.15, 0.2) is 30.7 Å². The highest BCUT2D eigenvalue weighted by Crippen LogP contribution is 2.34. The molecule has 4 rings (SSSR count). The molecule has 2 aromatic rings. The van der Waals surface area contributed by atoms with Crippen LogP contribution in [0.1, 0.15) is 42.1 Å². The monoisotopic (exact) mass is 378 g/mol. The molecule has 1 amide bonds. The number of hydrogen-bond donors (Lipinski definition) is 0. The van der Waals surface area contributed by atoms with E-state index in [4.69, 9.17) is 4.84 Å². The number of pyridine rings is 1. The van der Waals surface area contributed by atoms with E-state index in [9.17, 15) is 10.1 Å². The van der Waals surface area contributed by atoms with Crippen LogP contribution in [0, 0.1) is 24.2 Å². The SMILES string of the molecule is Cc1ncc([C@@H]2CCON2C(=O)C2CCN(c3ncccn3)CC2)cc1C#N. The lowest BCUT2D eigenvalue weighted by molar-refractivity contribution is -0.182. The summed E-state index contributed by atoms with van der Waals surface area (Å²) >= 11 is 0. The Labute approximate surface area is 163 Å². The van der Waals surface area contributed by atoms with Crippen molar-refractivity contribution in [3.05, 3.63) is 47.5 Å². The lowest BCUT2D eigenvalue weighted by Gasteiger charge is -2.34. The van der Waals surface area contributed by atoms with Gasteiger partial charge in [0, 0.05) is 44.0 Å². The number of aromatic nitrogens is 3. The first-order valence-electron chi connectivity index (χ1n) is 9.52. The molecule has 0 spiro atoms. The van der Waals surface area contributed by atoms with E-state index < -0.39 is 0 Å². The van der Waals surface area contributed by atoms with Gasteiger partial charge in [-0.2, -0.15) is 5.26 Å². The fraction of sp³-hybridized carbons (Fsp3) is 0.450. The van der Waals surface area contributed by atoms with Gasteiger partial charge < -0.3 is 4.90 Å². The molecule has 0 aliphatic carbocycles. The molecule has 0 aromatic carbocycles. The molecule has 2 aromatic heterocycles. The molecule has 0 N–H and O–H groups in total. The maximum atomic E-state index is 13.1. The summed E-state index contributed by atoms with van der Waals surface area (Å²) in [6.45, 7) is 3.77. The number of rotatable bonds is 3. The summed E-state index contributed by atoms with van der Waals surface area (Å²) in [4.78, 5) is 33.8. The molecule has 2 saturated heterocycles. The second-order valence-corrected chi connectivity index (χ2v) is 7.13. The lowest BCUT2D eigenvalue weighted by atomic mass is 9.94. The van der Waals surface area contributed by atoms with E-state index in [2.05, 4.69) is 25.9 Å². The zero-order valence-electron chi connectivity index (χ0n) is 15.8. The van der Waals surface area contributed by atoms with Crippen molar-refractivity contribution < 1.29 is 9.63 Å². The lowest BCUT2D eigenvalue weighted by Crippen LogP contribution is -2.42. The fourth-order valence-corrected chi connectivity index (χ4v) is 3.79. The number of carbonyl (C=O) groups is 1. The average Bonchev–Trinajstić information content (AvgIpc) is 3.24. The number of nitriles is 1. The van der Waals surface area contributed by atoms with Gasteiger partial charge in [-0.1, -0.05) is 0 Å². The van der Waals surface area contributed by atoms with Crippen LogP contribution >= 0.6 is 0 Å². The molecule has 2 aliphatic rings. The molecule has 144 valence electrons. The van der Waals surface area contributed by atoms with Gasteiger partial charge in [-0.3, -0.25) is 14.6 Å². The Morgan fingerprint density at radius 1 is 1.21 bits per heavy atom. The van der Waals surface area contributed by atoms with E-state index in [1.807, 2.05) is 6.07 Å². The number of piperidine rings is 1. The van der Waals surface area contributed by atoms with Crippen molar-refractivity contribution in [3.63, 3.8) is 0 Å². The minimum Gasteiger partial charge on any atom is -0.341 e. The number of anilines is 1. The summed E-state index contributed by atoms with van der Waals surface area (Å²) < 4.78 is 0. The van der Waals surface area contributed by atoms with Crippen molar-refractivity contribution in [2.75, 3.05) is 24.6 Å². The Morgan fingerprint density at radius 3 is 2.68 bits per heavy atom. The second kappa shape index (κ2) is 7.90. The number of nitrogens with zero attached hydrogens (tertiary/aromatic N) is 6. The highest BCUT2D eigenvalue weighted by Gasteiger charge is 2.37. The highest BCUT2D eigenvalue weighted by molar-refractivity contribution is 5.79. The quantitative estimate of drug-likeness (QED) is 0.808. The maximum Gasteiger partial charge on any atom is 0.249 e. The van der Waals surface area contributed by atoms with Gasteiger partial charge in [-0.15, -0.1) is 0 Å². The van der Waals surface area contributed by atoms with Crippen LogP contribution in [0.5, 0.6) is 0 Å². The second-order valence-electron chi connectivity index (χ2n) is 7.13. The van der Waals surface area contributed by atoms with Gasteiger partial charge in [0.1, 0.15) is 6.07 Å². The van der Waals surface area contributed by atoms with Gasteiger partial charge in [0.05, 0.1) is 23.9 Å². The van der Waals surface area contributed by atoms with Crippen LogP contribution in [-0.4, -0.2) is 45.6 Å². The van der Waals surface area contributed by atoms with E-state index in [0.717, 1.165) is 31.5 Å². The Bertz CT molecular complexity index is 889. The summed E-state index contributed by atoms with van der Waals surface area (Å²) in [6, 6.07) is 5.58. The van der Waals surface area contributed by atoms with Crippen molar-refractivity contribution in [1.29, 1.82) is 5.26 Å². The van der Waals surface area contributed by atoms with E-state index in [1.165, 1.54) is 5.06 Å². The van der Waals surface area contributed by atoms with Crippen LogP contribution in [0.25, 0.3) is 0 Å². The van der Waals surface area contributed by atoms with E-state index in [0.29, 0.717) is 30.2 Å². The summed E-state index contributed by atoms with van der Waals surface area (Å²) in [7, 11) is 0. The number of amides is 1. The maximum absolute atomic E-state index is 13.1. The van der Waals surface area contributed by atoms with Crippen LogP contribution in [0.2, 0.25) is 0 Å². The summed E-state index contributed by atoms with van der Waals surface area (Å²) in [5.74, 6) is 0.628. The van der Waals surface area contributed by atoms with Gasteiger partial charge in [-0.25, -0.2) is 15.0 Å². The van der Waals surface area contributed by atoms with Gasteiger partial charge >= 0.3 is 0 Å². The van der Waals surface area contributed by atoms with Gasteiger partial charge in [0.15, 0.2) is 0 Å². The largest absolute Gasteiger partial charge is 0.341 e. The molecule has 8 heteroatoms. The summed E-state index contributed by atoms with van der Waals surface area (Å²) in [6.07, 6.45) is 7.38. The Hall–Kier alpha value is -3.05. The molecule has 2 aliphatic heterocycles. The van der Waals surface area contributed by atoms with Crippen molar-refractivity contribution in [1.82, 2.24) is 20.0 Å². The van der Waals surface area contributed by atoms with Gasteiger partial charge in [-0.05, 0) is 37.5 Å². The predicted octanol–water partition coefficient (Wildman–Crippen LogP) is 2.17. The highest BCUT2D eigenvalue weighted by atomic mass is 16.7. The van der Waals surface area contributed by atoms with E-state index >= 15 is 0 Å². The third-order valence-corrected chi connectivity index (χ3v) is 5.41. The molecule has 2 fully saturated rings. The Kier molecular flexibility index (Phi) is 5.17. The predicted molar refractivity (Wildman–Crippen MR) is 101 cm³/mol. The van der Waals surface area contributed by atoms with Gasteiger partial charge in [0.25, 0.3) is 0 Å². The van der Waals surface area contributed by atoms with Crippen molar-refractivity contribution in [3.8, 4) is 6.07 Å². The summed E-state index contributed by atoms with van der Waals surface area (Å²) in [5.41, 5.74) is 2.08. The third kappa shape index (κ3) is 3.53. The van der Waals surface area contributed by atoms with Crippen LogP contribution in [0.4, 0.5) is 5.95 Å². The molecule has 0 bridgehead atoms. The number of hydrogen-bond acceptors (Lipinski definition) is 7. The minimum atomic E-state index is -0.191. The molecular weight excluding hydrogens is 356 g/mol. The first-order chi connectivity index (χ1) is 13.7. The molecule has 1 atom stereocenters. The molecule has 28 heavy (non-hydrogen) atoms. The topological polar surface area (TPSA) is 95.2 Å². The van der Waals surface area contributed by atoms with Crippen LogP contribution < -0.4 is 4.90 Å². The molecule has 0 radical (unpaired) electrons. The summed E-state index contributed by atoms with van der Waals surface area (Å²) in [5, 5.41) is 10.8. The van der Waals surface area contributed by atoms with Crippen LogP contribution in [-0.2, 0) is 9.63 Å². The zero-order valence-corrected chi connectivity index (χ0v) is 15.8. The Morgan fingerprint density at radius 2 is 1.96 bits per heavy atom. The number of aryl methyl sites for hydroxylation is 1.